The molecular formula is C24H36N6. The van der Waals surface area contributed by atoms with Crippen LogP contribution in [-0.2, 0) is 19.4 Å². The van der Waals surface area contributed by atoms with Gasteiger partial charge in [0.25, 0.3) is 0 Å². The molecule has 162 valence electrons. The molecule has 0 bridgehead atoms. The van der Waals surface area contributed by atoms with E-state index in [0.29, 0.717) is 13.1 Å². The Morgan fingerprint density at radius 3 is 1.13 bits per heavy atom. The number of rotatable bonds is 6. The van der Waals surface area contributed by atoms with Crippen molar-refractivity contribution in [3.05, 3.63) is 89.5 Å². The second kappa shape index (κ2) is 14.9. The Kier molecular flexibility index (Phi) is 12.4. The van der Waals surface area contributed by atoms with Gasteiger partial charge in [-0.2, -0.15) is 0 Å². The summed E-state index contributed by atoms with van der Waals surface area (Å²) >= 11 is 0. The van der Waals surface area contributed by atoms with Crippen molar-refractivity contribution >= 4 is 17.1 Å². The molecule has 3 aromatic rings. The predicted octanol–water partition coefficient (Wildman–Crippen LogP) is 2.66. The predicted molar refractivity (Wildman–Crippen MR) is 131 cm³/mol. The molecule has 0 saturated carbocycles. The molecule has 0 unspecified atom stereocenters. The summed E-state index contributed by atoms with van der Waals surface area (Å²) < 4.78 is 0. The highest BCUT2D eigenvalue weighted by molar-refractivity contribution is 5.40. The van der Waals surface area contributed by atoms with Crippen molar-refractivity contribution < 1.29 is 0 Å². The quantitative estimate of drug-likeness (QED) is 0.344. The molecule has 0 amide bonds. The summed E-state index contributed by atoms with van der Waals surface area (Å²) in [5.74, 6) is 0. The summed E-state index contributed by atoms with van der Waals surface area (Å²) in [6.45, 7) is 2.04. The fraction of sp³-hybridized carbons (Fsp3) is 0.250. The maximum Gasteiger partial charge on any atom is 0.0314 e. The van der Waals surface area contributed by atoms with Gasteiger partial charge in [0.1, 0.15) is 0 Å². The molecule has 0 aliphatic carbocycles. The lowest BCUT2D eigenvalue weighted by Gasteiger charge is -1.99. The average molecular weight is 409 g/mol. The van der Waals surface area contributed by atoms with E-state index in [9.17, 15) is 0 Å². The van der Waals surface area contributed by atoms with Gasteiger partial charge < -0.3 is 34.4 Å². The molecule has 0 aliphatic heterocycles. The first-order valence-corrected chi connectivity index (χ1v) is 10.1. The van der Waals surface area contributed by atoms with E-state index >= 15 is 0 Å². The standard InChI is InChI=1S/C9H14N2.C8H12N2.C7H10N2/c10-7-1-2-8-3-5-9(11)6-4-8;9-6-5-7-1-3-8(10)4-2-7;8-5-6-1-3-7(9)4-2-6/h3-6H,1-2,7,10-11H2;1-4H,5-6,9-10H2;1-4H,5,8-9H2. The molecule has 0 atom stereocenters. The molecular weight excluding hydrogens is 372 g/mol. The summed E-state index contributed by atoms with van der Waals surface area (Å²) in [5.41, 5.74) is 38.7. The van der Waals surface area contributed by atoms with Crippen LogP contribution >= 0.6 is 0 Å². The largest absolute Gasteiger partial charge is 0.399 e. The Hall–Kier alpha value is -3.06. The molecule has 0 radical (unpaired) electrons. The molecule has 6 heteroatoms. The molecule has 30 heavy (non-hydrogen) atoms. The van der Waals surface area contributed by atoms with Gasteiger partial charge in [0.05, 0.1) is 0 Å². The first kappa shape index (κ1) is 25.0. The zero-order valence-corrected chi connectivity index (χ0v) is 17.6. The van der Waals surface area contributed by atoms with Crippen LogP contribution in [0.5, 0.6) is 0 Å². The van der Waals surface area contributed by atoms with Crippen LogP contribution in [0.15, 0.2) is 72.8 Å². The van der Waals surface area contributed by atoms with Gasteiger partial charge in [-0.15, -0.1) is 0 Å². The molecule has 0 fully saturated rings. The third kappa shape index (κ3) is 11.1. The second-order valence-corrected chi connectivity index (χ2v) is 6.86. The summed E-state index contributed by atoms with van der Waals surface area (Å²) in [4.78, 5) is 0. The minimum Gasteiger partial charge on any atom is -0.399 e. The van der Waals surface area contributed by atoms with Crippen molar-refractivity contribution in [2.24, 2.45) is 17.2 Å². The Balaban J connectivity index is 0.000000226. The van der Waals surface area contributed by atoms with E-state index in [1.807, 2.05) is 72.8 Å². The van der Waals surface area contributed by atoms with Crippen LogP contribution in [0.4, 0.5) is 17.1 Å². The van der Waals surface area contributed by atoms with Crippen LogP contribution in [-0.4, -0.2) is 13.1 Å². The molecule has 0 aliphatic rings. The summed E-state index contributed by atoms with van der Waals surface area (Å²) in [7, 11) is 0. The highest BCUT2D eigenvalue weighted by Gasteiger charge is 1.91. The fourth-order valence-electron chi connectivity index (χ4n) is 2.50. The van der Waals surface area contributed by atoms with Crippen molar-refractivity contribution in [2.75, 3.05) is 30.3 Å². The SMILES string of the molecule is NCCCc1ccc(N)cc1.NCCc1ccc(N)cc1.NCc1ccc(N)cc1. The maximum absolute atomic E-state index is 5.53. The number of nitrogens with two attached hydrogens (primary N) is 6. The first-order chi connectivity index (χ1) is 14.5. The monoisotopic (exact) mass is 408 g/mol. The lowest BCUT2D eigenvalue weighted by molar-refractivity contribution is 0.833. The van der Waals surface area contributed by atoms with Gasteiger partial charge in [-0.05, 0) is 85.4 Å². The van der Waals surface area contributed by atoms with Crippen molar-refractivity contribution in [1.29, 1.82) is 0 Å². The Morgan fingerprint density at radius 1 is 0.433 bits per heavy atom. The molecule has 6 nitrogen and oxygen atoms in total. The number of benzene rings is 3. The fourth-order valence-corrected chi connectivity index (χ4v) is 2.50. The highest BCUT2D eigenvalue weighted by Crippen LogP contribution is 2.07. The van der Waals surface area contributed by atoms with Crippen molar-refractivity contribution in [3.63, 3.8) is 0 Å². The van der Waals surface area contributed by atoms with Crippen LogP contribution in [0, 0.1) is 0 Å². The number of nitrogen functional groups attached to an aromatic ring is 3. The topological polar surface area (TPSA) is 156 Å². The summed E-state index contributed by atoms with van der Waals surface area (Å²) in [6.07, 6.45) is 3.03. The molecule has 3 rings (SSSR count). The maximum atomic E-state index is 5.53. The zero-order chi connectivity index (χ0) is 22.2. The van der Waals surface area contributed by atoms with Gasteiger partial charge in [0, 0.05) is 23.6 Å². The van der Waals surface area contributed by atoms with E-state index in [0.717, 1.165) is 48.4 Å². The lowest BCUT2D eigenvalue weighted by Crippen LogP contribution is -2.02. The van der Waals surface area contributed by atoms with Gasteiger partial charge in [-0.1, -0.05) is 36.4 Å². The van der Waals surface area contributed by atoms with Gasteiger partial charge in [-0.3, -0.25) is 0 Å². The summed E-state index contributed by atoms with van der Waals surface area (Å²) in [6, 6.07) is 23.3. The third-order valence-electron chi connectivity index (χ3n) is 4.28. The molecule has 0 heterocycles. The van der Waals surface area contributed by atoms with Crippen LogP contribution in [0.25, 0.3) is 0 Å². The van der Waals surface area contributed by atoms with Crippen LogP contribution in [0.3, 0.4) is 0 Å². The number of aryl methyl sites for hydroxylation is 1. The number of hydrogen-bond acceptors (Lipinski definition) is 6. The Bertz CT molecular complexity index is 799. The van der Waals surface area contributed by atoms with Gasteiger partial charge in [0.2, 0.25) is 0 Å². The Labute approximate surface area is 180 Å². The molecule has 3 aromatic carbocycles. The van der Waals surface area contributed by atoms with E-state index in [1.54, 1.807) is 0 Å². The lowest BCUT2D eigenvalue weighted by atomic mass is 10.1. The van der Waals surface area contributed by atoms with E-state index in [-0.39, 0.29) is 0 Å². The van der Waals surface area contributed by atoms with Gasteiger partial charge >= 0.3 is 0 Å². The average Bonchev–Trinajstić information content (AvgIpc) is 2.77. The van der Waals surface area contributed by atoms with Crippen LogP contribution in [0.1, 0.15) is 23.1 Å². The van der Waals surface area contributed by atoms with E-state index in [4.69, 9.17) is 34.4 Å². The minimum atomic E-state index is 0.584. The van der Waals surface area contributed by atoms with E-state index in [2.05, 4.69) is 0 Å². The Morgan fingerprint density at radius 2 is 0.800 bits per heavy atom. The van der Waals surface area contributed by atoms with E-state index in [1.165, 1.54) is 11.1 Å². The smallest absolute Gasteiger partial charge is 0.0314 e. The van der Waals surface area contributed by atoms with Crippen molar-refractivity contribution in [2.45, 2.75) is 25.8 Å². The normalized spacial score (nSPS) is 9.70. The van der Waals surface area contributed by atoms with Crippen LogP contribution < -0.4 is 34.4 Å². The zero-order valence-electron chi connectivity index (χ0n) is 17.6. The van der Waals surface area contributed by atoms with Crippen molar-refractivity contribution in [1.82, 2.24) is 0 Å². The summed E-state index contributed by atoms with van der Waals surface area (Å²) in [5, 5.41) is 0. The molecule has 0 aromatic heterocycles. The van der Waals surface area contributed by atoms with E-state index < -0.39 is 0 Å². The third-order valence-corrected chi connectivity index (χ3v) is 4.28. The van der Waals surface area contributed by atoms with Gasteiger partial charge in [0.15, 0.2) is 0 Å². The molecule has 12 N–H and O–H groups in total. The molecule has 0 saturated heterocycles. The number of hydrogen-bond donors (Lipinski definition) is 6. The highest BCUT2D eigenvalue weighted by atomic mass is 14.6. The molecule has 0 spiro atoms. The first-order valence-electron chi connectivity index (χ1n) is 10.1. The number of anilines is 3. The second-order valence-electron chi connectivity index (χ2n) is 6.86. The van der Waals surface area contributed by atoms with Crippen LogP contribution in [0.2, 0.25) is 0 Å². The van der Waals surface area contributed by atoms with Gasteiger partial charge in [-0.25, -0.2) is 0 Å². The minimum absolute atomic E-state index is 0.584. The van der Waals surface area contributed by atoms with Crippen molar-refractivity contribution in [3.8, 4) is 0 Å².